The molecule has 0 fully saturated rings. The van der Waals surface area contributed by atoms with E-state index in [2.05, 4.69) is 22.4 Å². The molecule has 172 valence electrons. The number of fused-ring (bicyclic) bond motifs is 2. The Morgan fingerprint density at radius 1 is 1.09 bits per heavy atom. The van der Waals surface area contributed by atoms with Crippen LogP contribution in [0.1, 0.15) is 11.1 Å². The van der Waals surface area contributed by atoms with Crippen LogP contribution in [0.4, 0.5) is 5.13 Å². The van der Waals surface area contributed by atoms with Crippen LogP contribution in [0.25, 0.3) is 22.2 Å². The normalized spacial score (nSPS) is 13.0. The second-order valence-corrected chi connectivity index (χ2v) is 9.74. The first-order chi connectivity index (χ1) is 16.6. The monoisotopic (exact) mass is 491 g/mol. The third-order valence-corrected chi connectivity index (χ3v) is 7.29. The molecule has 2 aromatic carbocycles. The topological polar surface area (TPSA) is 92.5 Å². The Morgan fingerprint density at radius 2 is 1.88 bits per heavy atom. The lowest BCUT2D eigenvalue weighted by atomic mass is 10.00. The van der Waals surface area contributed by atoms with E-state index >= 15 is 0 Å². The van der Waals surface area contributed by atoms with Crippen LogP contribution in [0.15, 0.2) is 69.2 Å². The number of thiazole rings is 1. The quantitative estimate of drug-likeness (QED) is 0.407. The molecule has 1 aliphatic rings. The highest BCUT2D eigenvalue weighted by Gasteiger charge is 2.20. The molecular weight excluding hydrogens is 470 g/mol. The van der Waals surface area contributed by atoms with Crippen LogP contribution >= 0.6 is 23.1 Å². The lowest BCUT2D eigenvalue weighted by Crippen LogP contribution is -2.37. The summed E-state index contributed by atoms with van der Waals surface area (Å²) in [6.07, 6.45) is 0.856. The van der Waals surface area contributed by atoms with Crippen molar-refractivity contribution in [3.63, 3.8) is 0 Å². The summed E-state index contributed by atoms with van der Waals surface area (Å²) in [6.45, 7) is 1.32. The Hall–Kier alpha value is -3.43. The van der Waals surface area contributed by atoms with Crippen LogP contribution in [0, 0.1) is 0 Å². The highest BCUT2D eigenvalue weighted by molar-refractivity contribution is 8.00. The molecule has 7 nitrogen and oxygen atoms in total. The largest absolute Gasteiger partial charge is 0.422 e. The summed E-state index contributed by atoms with van der Waals surface area (Å²) in [4.78, 5) is 43.5. The molecule has 2 amide bonds. The molecule has 0 saturated carbocycles. The van der Waals surface area contributed by atoms with Gasteiger partial charge in [0.15, 0.2) is 5.13 Å². The molecule has 0 bridgehead atoms. The number of para-hydroxylation sites is 1. The Morgan fingerprint density at radius 3 is 2.76 bits per heavy atom. The molecule has 2 aromatic heterocycles. The summed E-state index contributed by atoms with van der Waals surface area (Å²) in [7, 11) is 0. The van der Waals surface area contributed by atoms with Crippen molar-refractivity contribution in [3.8, 4) is 11.3 Å². The van der Waals surface area contributed by atoms with Crippen molar-refractivity contribution >= 4 is 51.0 Å². The first-order valence-electron chi connectivity index (χ1n) is 10.8. The van der Waals surface area contributed by atoms with Crippen LogP contribution in [0.3, 0.4) is 0 Å². The number of nitrogens with one attached hydrogen (secondary N) is 1. The molecule has 4 aromatic rings. The Kier molecular flexibility index (Phi) is 6.46. The first kappa shape index (κ1) is 22.4. The van der Waals surface area contributed by atoms with E-state index in [9.17, 15) is 14.4 Å². The average Bonchev–Trinajstić information content (AvgIpc) is 3.31. The fourth-order valence-electron chi connectivity index (χ4n) is 3.88. The number of aromatic nitrogens is 1. The summed E-state index contributed by atoms with van der Waals surface area (Å²) in [5.41, 5.74) is 3.32. The van der Waals surface area contributed by atoms with Gasteiger partial charge in [-0.1, -0.05) is 42.5 Å². The van der Waals surface area contributed by atoms with E-state index in [0.29, 0.717) is 35.1 Å². The zero-order chi connectivity index (χ0) is 23.5. The zero-order valence-corrected chi connectivity index (χ0v) is 19.8. The first-order valence-corrected chi connectivity index (χ1v) is 12.8. The third-order valence-electron chi connectivity index (χ3n) is 5.61. The predicted molar refractivity (Wildman–Crippen MR) is 135 cm³/mol. The molecule has 0 aliphatic carbocycles. The number of nitrogens with zero attached hydrogens (tertiary/aromatic N) is 2. The number of rotatable bonds is 6. The Bertz CT molecular complexity index is 1430. The summed E-state index contributed by atoms with van der Waals surface area (Å²) < 4.78 is 5.37. The van der Waals surface area contributed by atoms with Crippen molar-refractivity contribution in [2.45, 2.75) is 13.0 Å². The van der Waals surface area contributed by atoms with Gasteiger partial charge in [0, 0.05) is 23.9 Å². The van der Waals surface area contributed by atoms with Gasteiger partial charge in [0.1, 0.15) is 5.58 Å². The molecule has 0 unspecified atom stereocenters. The van der Waals surface area contributed by atoms with E-state index in [1.165, 1.54) is 34.2 Å². The minimum atomic E-state index is -0.476. The molecule has 0 radical (unpaired) electrons. The number of carbonyl (C=O) groups is 2. The van der Waals surface area contributed by atoms with Crippen molar-refractivity contribution < 1.29 is 14.0 Å². The number of benzene rings is 2. The second-order valence-electron chi connectivity index (χ2n) is 7.90. The van der Waals surface area contributed by atoms with Crippen LogP contribution in [0.2, 0.25) is 0 Å². The highest BCUT2D eigenvalue weighted by Crippen LogP contribution is 2.25. The fourth-order valence-corrected chi connectivity index (χ4v) is 5.33. The molecule has 1 aliphatic heterocycles. The summed E-state index contributed by atoms with van der Waals surface area (Å²) in [5.74, 6) is 0.181. The Labute approximate surface area is 203 Å². The molecule has 5 rings (SSSR count). The van der Waals surface area contributed by atoms with Crippen molar-refractivity contribution in [1.82, 2.24) is 9.88 Å². The molecule has 9 heteroatoms. The van der Waals surface area contributed by atoms with Gasteiger partial charge in [0.05, 0.1) is 22.8 Å². The van der Waals surface area contributed by atoms with Gasteiger partial charge in [-0.05, 0) is 29.7 Å². The van der Waals surface area contributed by atoms with Crippen LogP contribution < -0.4 is 10.9 Å². The summed E-state index contributed by atoms with van der Waals surface area (Å²) in [6, 6.07) is 17.2. The number of hydrogen-bond donors (Lipinski definition) is 1. The average molecular weight is 492 g/mol. The molecule has 3 heterocycles. The third kappa shape index (κ3) is 4.90. The molecule has 0 saturated heterocycles. The minimum Gasteiger partial charge on any atom is -0.422 e. The van der Waals surface area contributed by atoms with Crippen molar-refractivity contribution in [2.75, 3.05) is 23.4 Å². The summed E-state index contributed by atoms with van der Waals surface area (Å²) >= 11 is 2.51. The molecular formula is C25H21N3O4S2. The second kappa shape index (κ2) is 9.82. The number of amides is 2. The van der Waals surface area contributed by atoms with Gasteiger partial charge in [0.25, 0.3) is 0 Å². The van der Waals surface area contributed by atoms with Gasteiger partial charge >= 0.3 is 5.63 Å². The van der Waals surface area contributed by atoms with Gasteiger partial charge in [-0.15, -0.1) is 23.1 Å². The lowest BCUT2D eigenvalue weighted by molar-refractivity contribution is -0.129. The van der Waals surface area contributed by atoms with Crippen LogP contribution in [-0.4, -0.2) is 39.7 Å². The smallest absolute Gasteiger partial charge is 0.345 e. The van der Waals surface area contributed by atoms with E-state index < -0.39 is 5.63 Å². The van der Waals surface area contributed by atoms with E-state index in [1.807, 2.05) is 29.2 Å². The van der Waals surface area contributed by atoms with Gasteiger partial charge < -0.3 is 14.6 Å². The maximum absolute atomic E-state index is 12.6. The molecule has 0 atom stereocenters. The molecule has 0 spiro atoms. The van der Waals surface area contributed by atoms with Crippen molar-refractivity contribution in [1.29, 1.82) is 0 Å². The predicted octanol–water partition coefficient (Wildman–Crippen LogP) is 4.17. The zero-order valence-electron chi connectivity index (χ0n) is 18.2. The number of carbonyl (C=O) groups excluding carboxylic acids is 2. The number of anilines is 1. The van der Waals surface area contributed by atoms with Crippen LogP contribution in [0.5, 0.6) is 0 Å². The maximum Gasteiger partial charge on any atom is 0.345 e. The minimum absolute atomic E-state index is 0.0341. The fraction of sp³-hybridized carbons (Fsp3) is 0.200. The van der Waals surface area contributed by atoms with Crippen molar-refractivity contribution in [3.05, 3.63) is 81.5 Å². The SMILES string of the molecule is O=C(CSCC(=O)N1CCc2ccccc2C1)Nc1nc(-c2cc3ccccc3oc2=O)cs1. The van der Waals surface area contributed by atoms with E-state index in [4.69, 9.17) is 4.42 Å². The number of thioether (sulfide) groups is 1. The van der Waals surface area contributed by atoms with Crippen molar-refractivity contribution in [2.24, 2.45) is 0 Å². The molecule has 1 N–H and O–H groups in total. The van der Waals surface area contributed by atoms with Crippen LogP contribution in [-0.2, 0) is 22.6 Å². The Balaban J connectivity index is 1.14. The van der Waals surface area contributed by atoms with Gasteiger partial charge in [-0.2, -0.15) is 0 Å². The standard InChI is InChI=1S/C25H21N3O4S2/c29-22(14-33-15-23(30)28-10-9-16-5-1-2-7-18(16)12-28)27-25-26-20(13-34-25)19-11-17-6-3-4-8-21(17)32-24(19)31/h1-8,11,13H,9-10,12,14-15H2,(H,26,27,29). The highest BCUT2D eigenvalue weighted by atomic mass is 32.2. The van der Waals surface area contributed by atoms with Gasteiger partial charge in [0.2, 0.25) is 11.8 Å². The lowest BCUT2D eigenvalue weighted by Gasteiger charge is -2.28. The number of hydrogen-bond acceptors (Lipinski definition) is 7. The van der Waals surface area contributed by atoms with Gasteiger partial charge in [-0.3, -0.25) is 9.59 Å². The van der Waals surface area contributed by atoms with E-state index in [1.54, 1.807) is 23.6 Å². The molecule has 34 heavy (non-hydrogen) atoms. The maximum atomic E-state index is 12.6. The van der Waals surface area contributed by atoms with E-state index in [0.717, 1.165) is 11.8 Å². The van der Waals surface area contributed by atoms with E-state index in [-0.39, 0.29) is 23.3 Å². The van der Waals surface area contributed by atoms with Gasteiger partial charge in [-0.25, -0.2) is 9.78 Å². The summed E-state index contributed by atoms with van der Waals surface area (Å²) in [5, 5.41) is 5.65.